The predicted octanol–water partition coefficient (Wildman–Crippen LogP) is 6.05. The first-order valence-corrected chi connectivity index (χ1v) is 11.3. The normalized spacial score (nSPS) is 10.9. The number of anilines is 2. The molecule has 0 saturated carbocycles. The minimum atomic E-state index is -0.364. The second-order valence-electron chi connectivity index (χ2n) is 7.54. The van der Waals surface area contributed by atoms with Crippen LogP contribution in [0.1, 0.15) is 22.5 Å². The monoisotopic (exact) mass is 502 g/mol. The summed E-state index contributed by atoms with van der Waals surface area (Å²) in [7, 11) is 0. The van der Waals surface area contributed by atoms with Crippen LogP contribution < -0.4 is 10.6 Å². The van der Waals surface area contributed by atoms with E-state index in [1.165, 1.54) is 6.07 Å². The summed E-state index contributed by atoms with van der Waals surface area (Å²) in [4.78, 5) is 0. The quantitative estimate of drug-likeness (QED) is 0.314. The van der Waals surface area contributed by atoms with E-state index >= 15 is 0 Å². The van der Waals surface area contributed by atoms with Crippen LogP contribution in [0.3, 0.4) is 0 Å². The molecule has 0 bridgehead atoms. The fourth-order valence-corrected chi connectivity index (χ4v) is 4.00. The topological polar surface area (TPSA) is 59.7 Å². The van der Waals surface area contributed by atoms with Gasteiger partial charge in [0.1, 0.15) is 5.82 Å². The third-order valence-electron chi connectivity index (χ3n) is 5.14. The number of hydrogen-bond donors (Lipinski definition) is 2. The molecule has 0 aliphatic heterocycles. The molecule has 0 aliphatic rings. The van der Waals surface area contributed by atoms with Crippen LogP contribution in [0.15, 0.2) is 54.9 Å². The van der Waals surface area contributed by atoms with Gasteiger partial charge < -0.3 is 10.6 Å². The van der Waals surface area contributed by atoms with Crippen LogP contribution in [0.2, 0.25) is 10.0 Å². The fourth-order valence-electron chi connectivity index (χ4n) is 3.43. The first kappa shape index (κ1) is 23.2. The van der Waals surface area contributed by atoms with Crippen molar-refractivity contribution in [1.29, 1.82) is 0 Å². The number of nitrogens with zero attached hydrogens (tertiary/aromatic N) is 4. The second kappa shape index (κ2) is 9.91. The van der Waals surface area contributed by atoms with Crippen LogP contribution in [0, 0.1) is 19.7 Å². The maximum absolute atomic E-state index is 14.2. The summed E-state index contributed by atoms with van der Waals surface area (Å²) >= 11 is 17.6. The van der Waals surface area contributed by atoms with Crippen molar-refractivity contribution >= 4 is 51.9 Å². The van der Waals surface area contributed by atoms with E-state index in [4.69, 9.17) is 35.4 Å². The molecular weight excluding hydrogens is 482 g/mol. The third kappa shape index (κ3) is 5.52. The second-order valence-corrected chi connectivity index (χ2v) is 8.79. The van der Waals surface area contributed by atoms with Gasteiger partial charge in [0.15, 0.2) is 5.11 Å². The van der Waals surface area contributed by atoms with E-state index < -0.39 is 0 Å². The van der Waals surface area contributed by atoms with Crippen LogP contribution in [-0.4, -0.2) is 24.7 Å². The highest BCUT2D eigenvalue weighted by Gasteiger charge is 2.16. The molecule has 0 amide bonds. The molecule has 0 unspecified atom stereocenters. The van der Waals surface area contributed by atoms with E-state index in [0.717, 1.165) is 28.3 Å². The Hall–Kier alpha value is -2.94. The van der Waals surface area contributed by atoms with Crippen LogP contribution >= 0.6 is 35.4 Å². The molecule has 4 aromatic rings. The van der Waals surface area contributed by atoms with Crippen molar-refractivity contribution in [1.82, 2.24) is 19.6 Å². The lowest BCUT2D eigenvalue weighted by atomic mass is 10.2. The molecule has 2 heterocycles. The Kier molecular flexibility index (Phi) is 6.97. The molecule has 4 rings (SSSR count). The number of hydrogen-bond acceptors (Lipinski definition) is 3. The first-order valence-electron chi connectivity index (χ1n) is 10.1. The Morgan fingerprint density at radius 3 is 2.55 bits per heavy atom. The van der Waals surface area contributed by atoms with Gasteiger partial charge in [-0.1, -0.05) is 41.4 Å². The van der Waals surface area contributed by atoms with Crippen molar-refractivity contribution < 1.29 is 4.39 Å². The summed E-state index contributed by atoms with van der Waals surface area (Å²) in [5.41, 5.74) is 4.54. The molecule has 2 aromatic carbocycles. The molecule has 6 nitrogen and oxygen atoms in total. The molecular formula is C23H21Cl2FN6S. The van der Waals surface area contributed by atoms with Gasteiger partial charge in [0, 0.05) is 21.8 Å². The molecule has 0 spiro atoms. The van der Waals surface area contributed by atoms with E-state index in [9.17, 15) is 4.39 Å². The number of rotatable bonds is 6. The molecule has 0 saturated heterocycles. The first-order chi connectivity index (χ1) is 15.8. The number of aryl methyl sites for hydroxylation is 1. The highest BCUT2D eigenvalue weighted by atomic mass is 35.5. The molecule has 0 aliphatic carbocycles. The Bertz CT molecular complexity index is 1280. The van der Waals surface area contributed by atoms with Gasteiger partial charge in [0.25, 0.3) is 0 Å². The van der Waals surface area contributed by atoms with Gasteiger partial charge in [-0.3, -0.25) is 9.36 Å². The zero-order valence-electron chi connectivity index (χ0n) is 17.9. The Morgan fingerprint density at radius 2 is 1.82 bits per heavy atom. The fraction of sp³-hybridized carbons (Fsp3) is 0.174. The largest absolute Gasteiger partial charge is 0.330 e. The van der Waals surface area contributed by atoms with Crippen molar-refractivity contribution in [3.8, 4) is 0 Å². The standard InChI is InChI=1S/C23H21Cl2FN6S/c1-14-22(15(2)32(30-14)13-19-20(25)4-3-5-21(19)26)29-23(33)28-18-10-27-31(12-18)11-16-6-8-17(24)9-7-16/h3-10,12H,11,13H2,1-2H3,(H2,28,29,33). The molecule has 0 fully saturated rings. The lowest BCUT2D eigenvalue weighted by Crippen LogP contribution is -2.19. The Labute approximate surface area is 206 Å². The van der Waals surface area contributed by atoms with Crippen molar-refractivity contribution in [2.75, 3.05) is 10.6 Å². The number of benzene rings is 2. The maximum atomic E-state index is 14.2. The molecule has 2 aromatic heterocycles. The van der Waals surface area contributed by atoms with E-state index in [-0.39, 0.29) is 12.4 Å². The summed E-state index contributed by atoms with van der Waals surface area (Å²) < 4.78 is 17.7. The molecule has 170 valence electrons. The lowest BCUT2D eigenvalue weighted by molar-refractivity contribution is 0.579. The lowest BCUT2D eigenvalue weighted by Gasteiger charge is -2.11. The Morgan fingerprint density at radius 1 is 1.06 bits per heavy atom. The van der Waals surface area contributed by atoms with Gasteiger partial charge in [-0.2, -0.15) is 10.2 Å². The third-order valence-corrected chi connectivity index (χ3v) is 5.95. The average molecular weight is 503 g/mol. The smallest absolute Gasteiger partial charge is 0.175 e. The van der Waals surface area contributed by atoms with Crippen LogP contribution in [0.5, 0.6) is 0 Å². The minimum Gasteiger partial charge on any atom is -0.330 e. The van der Waals surface area contributed by atoms with Crippen LogP contribution in [0.4, 0.5) is 15.8 Å². The zero-order chi connectivity index (χ0) is 23.5. The highest BCUT2D eigenvalue weighted by molar-refractivity contribution is 7.80. The zero-order valence-corrected chi connectivity index (χ0v) is 20.3. The summed E-state index contributed by atoms with van der Waals surface area (Å²) in [6, 6.07) is 12.3. The highest BCUT2D eigenvalue weighted by Crippen LogP contribution is 2.24. The van der Waals surface area contributed by atoms with E-state index in [1.54, 1.807) is 27.7 Å². The molecule has 33 heavy (non-hydrogen) atoms. The predicted molar refractivity (Wildman–Crippen MR) is 135 cm³/mol. The minimum absolute atomic E-state index is 0.220. The molecule has 0 radical (unpaired) electrons. The van der Waals surface area contributed by atoms with E-state index in [0.29, 0.717) is 27.3 Å². The number of halogens is 3. The van der Waals surface area contributed by atoms with Crippen LogP contribution in [-0.2, 0) is 13.1 Å². The molecule has 10 heteroatoms. The Balaban J connectivity index is 1.42. The van der Waals surface area contributed by atoms with Crippen molar-refractivity contribution in [3.05, 3.63) is 93.2 Å². The van der Waals surface area contributed by atoms with Gasteiger partial charge in [0.05, 0.1) is 42.0 Å². The SMILES string of the molecule is Cc1nn(Cc2c(F)cccc2Cl)c(C)c1NC(=S)Nc1cnn(Cc2ccc(Cl)cc2)c1. The summed E-state index contributed by atoms with van der Waals surface area (Å²) in [5.74, 6) is -0.364. The average Bonchev–Trinajstić information content (AvgIpc) is 3.31. The summed E-state index contributed by atoms with van der Waals surface area (Å²) in [6.45, 7) is 4.59. The number of nitrogens with one attached hydrogen (secondary N) is 2. The summed E-state index contributed by atoms with van der Waals surface area (Å²) in [5, 5.41) is 16.7. The van der Waals surface area contributed by atoms with E-state index in [1.807, 2.05) is 44.3 Å². The van der Waals surface area contributed by atoms with Crippen LogP contribution in [0.25, 0.3) is 0 Å². The molecule has 0 atom stereocenters. The molecule has 2 N–H and O–H groups in total. The van der Waals surface area contributed by atoms with Gasteiger partial charge in [0.2, 0.25) is 0 Å². The summed E-state index contributed by atoms with van der Waals surface area (Å²) in [6.07, 6.45) is 3.57. The van der Waals surface area contributed by atoms with Gasteiger partial charge in [-0.05, 0) is 55.9 Å². The maximum Gasteiger partial charge on any atom is 0.175 e. The van der Waals surface area contributed by atoms with Gasteiger partial charge in [-0.25, -0.2) is 4.39 Å². The van der Waals surface area contributed by atoms with Crippen molar-refractivity contribution in [3.63, 3.8) is 0 Å². The number of thiocarbonyl (C=S) groups is 1. The number of aromatic nitrogens is 4. The van der Waals surface area contributed by atoms with Gasteiger partial charge in [-0.15, -0.1) is 0 Å². The van der Waals surface area contributed by atoms with E-state index in [2.05, 4.69) is 20.8 Å². The van der Waals surface area contributed by atoms with Gasteiger partial charge >= 0.3 is 0 Å². The van der Waals surface area contributed by atoms with Crippen molar-refractivity contribution in [2.45, 2.75) is 26.9 Å². The van der Waals surface area contributed by atoms with Crippen molar-refractivity contribution in [2.24, 2.45) is 0 Å².